The zero-order chi connectivity index (χ0) is 13.1. The van der Waals surface area contributed by atoms with Crippen LogP contribution in [0, 0.1) is 0 Å². The lowest BCUT2D eigenvalue weighted by Gasteiger charge is -2.37. The van der Waals surface area contributed by atoms with Gasteiger partial charge in [-0.1, -0.05) is 12.1 Å². The van der Waals surface area contributed by atoms with Gasteiger partial charge < -0.3 is 19.3 Å². The highest BCUT2D eigenvalue weighted by molar-refractivity contribution is 5.27. The highest BCUT2D eigenvalue weighted by atomic mass is 16.6. The molecule has 2 unspecified atom stereocenters. The van der Waals surface area contributed by atoms with Crippen LogP contribution in [0.2, 0.25) is 0 Å². The first-order valence-corrected chi connectivity index (χ1v) is 6.88. The highest BCUT2D eigenvalue weighted by Crippen LogP contribution is 2.34. The quantitative estimate of drug-likeness (QED) is 0.905. The average molecular weight is 264 g/mol. The van der Waals surface area contributed by atoms with Crippen LogP contribution >= 0.6 is 0 Å². The molecule has 104 valence electrons. The second-order valence-corrected chi connectivity index (χ2v) is 5.37. The van der Waals surface area contributed by atoms with Gasteiger partial charge in [-0.2, -0.15) is 0 Å². The van der Waals surface area contributed by atoms with Crippen LogP contribution in [-0.2, 0) is 16.1 Å². The molecule has 1 spiro atoms. The number of aliphatic hydroxyl groups excluding tert-OH is 1. The molecule has 1 aromatic carbocycles. The highest BCUT2D eigenvalue weighted by Gasteiger charge is 2.41. The van der Waals surface area contributed by atoms with E-state index in [0.29, 0.717) is 6.61 Å². The second-order valence-electron chi connectivity index (χ2n) is 5.37. The summed E-state index contributed by atoms with van der Waals surface area (Å²) in [6, 6.07) is 7.61. The van der Waals surface area contributed by atoms with E-state index in [1.807, 2.05) is 24.3 Å². The zero-order valence-electron chi connectivity index (χ0n) is 11.0. The van der Waals surface area contributed by atoms with E-state index in [1.165, 1.54) is 0 Å². The molecule has 2 saturated heterocycles. The maximum atomic E-state index is 9.02. The first kappa shape index (κ1) is 12.9. The van der Waals surface area contributed by atoms with Crippen LogP contribution in [-0.4, -0.2) is 36.6 Å². The van der Waals surface area contributed by atoms with Crippen LogP contribution in [0.1, 0.15) is 24.8 Å². The fourth-order valence-corrected chi connectivity index (χ4v) is 2.81. The van der Waals surface area contributed by atoms with Crippen molar-refractivity contribution in [2.45, 2.75) is 37.6 Å². The molecule has 0 radical (unpaired) electrons. The van der Waals surface area contributed by atoms with Crippen LogP contribution in [0.5, 0.6) is 5.75 Å². The van der Waals surface area contributed by atoms with Crippen molar-refractivity contribution in [3.63, 3.8) is 0 Å². The molecule has 3 rings (SSSR count). The lowest BCUT2D eigenvalue weighted by Crippen LogP contribution is -2.44. The van der Waals surface area contributed by atoms with Crippen LogP contribution in [0.4, 0.5) is 0 Å². The molecule has 0 saturated carbocycles. The molecule has 2 heterocycles. The van der Waals surface area contributed by atoms with Crippen molar-refractivity contribution in [2.75, 3.05) is 19.8 Å². The summed E-state index contributed by atoms with van der Waals surface area (Å²) in [5.41, 5.74) is 0.786. The minimum Gasteiger partial charge on any atom is -0.490 e. The Morgan fingerprint density at radius 1 is 1.26 bits per heavy atom. The van der Waals surface area contributed by atoms with Gasteiger partial charge in [-0.15, -0.1) is 0 Å². The van der Waals surface area contributed by atoms with E-state index >= 15 is 0 Å². The standard InChI is InChI=1S/C15H20O4/c16-10-12-1-3-13(4-2-12)19-14-5-7-18-15(9-14)6-8-17-11-15/h1-4,14,16H,5-11H2. The topological polar surface area (TPSA) is 47.9 Å². The third kappa shape index (κ3) is 2.91. The van der Waals surface area contributed by atoms with Crippen LogP contribution in [0.25, 0.3) is 0 Å². The van der Waals surface area contributed by atoms with E-state index in [9.17, 15) is 0 Å². The van der Waals surface area contributed by atoms with E-state index < -0.39 is 0 Å². The summed E-state index contributed by atoms with van der Waals surface area (Å²) in [6.07, 6.45) is 2.98. The van der Waals surface area contributed by atoms with E-state index in [4.69, 9.17) is 19.3 Å². The summed E-state index contributed by atoms with van der Waals surface area (Å²) >= 11 is 0. The lowest BCUT2D eigenvalue weighted by molar-refractivity contribution is -0.112. The number of hydrogen-bond acceptors (Lipinski definition) is 4. The maximum absolute atomic E-state index is 9.02. The second kappa shape index (κ2) is 5.49. The molecule has 4 nitrogen and oxygen atoms in total. The smallest absolute Gasteiger partial charge is 0.119 e. The van der Waals surface area contributed by atoms with Gasteiger partial charge in [-0.05, 0) is 17.7 Å². The van der Waals surface area contributed by atoms with E-state index in [-0.39, 0.29) is 18.3 Å². The summed E-state index contributed by atoms with van der Waals surface area (Å²) in [5.74, 6) is 0.859. The molecule has 4 heteroatoms. The van der Waals surface area contributed by atoms with Crippen LogP contribution in [0.3, 0.4) is 0 Å². The Bertz CT molecular complexity index is 409. The van der Waals surface area contributed by atoms with Gasteiger partial charge in [0.2, 0.25) is 0 Å². The molecule has 0 bridgehead atoms. The normalized spacial score (nSPS) is 30.7. The Hall–Kier alpha value is -1.10. The molecule has 0 amide bonds. The van der Waals surface area contributed by atoms with Crippen molar-refractivity contribution >= 4 is 0 Å². The minimum atomic E-state index is -0.117. The Labute approximate surface area is 113 Å². The van der Waals surface area contributed by atoms with Gasteiger partial charge in [0.05, 0.1) is 25.4 Å². The Morgan fingerprint density at radius 3 is 2.79 bits per heavy atom. The maximum Gasteiger partial charge on any atom is 0.119 e. The van der Waals surface area contributed by atoms with E-state index in [0.717, 1.165) is 43.8 Å². The summed E-state index contributed by atoms with van der Waals surface area (Å²) in [7, 11) is 0. The van der Waals surface area contributed by atoms with Crippen LogP contribution < -0.4 is 4.74 Å². The fourth-order valence-electron chi connectivity index (χ4n) is 2.81. The first-order chi connectivity index (χ1) is 9.30. The van der Waals surface area contributed by atoms with Crippen molar-refractivity contribution in [2.24, 2.45) is 0 Å². The molecule has 2 atom stereocenters. The summed E-state index contributed by atoms with van der Waals surface area (Å²) in [4.78, 5) is 0. The van der Waals surface area contributed by atoms with Gasteiger partial charge in [-0.3, -0.25) is 0 Å². The SMILES string of the molecule is OCc1ccc(OC2CCOC3(CCOC3)C2)cc1. The molecule has 1 N–H and O–H groups in total. The molecular weight excluding hydrogens is 244 g/mol. The fraction of sp³-hybridized carbons (Fsp3) is 0.600. The molecule has 2 fully saturated rings. The number of hydrogen-bond donors (Lipinski definition) is 1. The van der Waals surface area contributed by atoms with Crippen molar-refractivity contribution in [3.05, 3.63) is 29.8 Å². The van der Waals surface area contributed by atoms with Crippen molar-refractivity contribution in [1.29, 1.82) is 0 Å². The van der Waals surface area contributed by atoms with Gasteiger partial charge >= 0.3 is 0 Å². The summed E-state index contributed by atoms with van der Waals surface area (Å²) < 4.78 is 17.4. The van der Waals surface area contributed by atoms with Crippen molar-refractivity contribution in [3.8, 4) is 5.75 Å². The first-order valence-electron chi connectivity index (χ1n) is 6.88. The number of aliphatic hydroxyl groups is 1. The molecule has 2 aliphatic heterocycles. The summed E-state index contributed by atoms with van der Waals surface area (Å²) in [5, 5.41) is 9.02. The summed E-state index contributed by atoms with van der Waals surface area (Å²) in [6.45, 7) is 2.29. The molecule has 1 aromatic rings. The monoisotopic (exact) mass is 264 g/mol. The largest absolute Gasteiger partial charge is 0.490 e. The average Bonchev–Trinajstić information content (AvgIpc) is 2.88. The Kier molecular flexibility index (Phi) is 3.73. The van der Waals surface area contributed by atoms with E-state index in [2.05, 4.69) is 0 Å². The molecular formula is C15H20O4. The third-order valence-electron chi connectivity index (χ3n) is 3.92. The molecule has 0 aromatic heterocycles. The van der Waals surface area contributed by atoms with Gasteiger partial charge in [0.1, 0.15) is 11.9 Å². The van der Waals surface area contributed by atoms with Gasteiger partial charge in [-0.25, -0.2) is 0 Å². The zero-order valence-corrected chi connectivity index (χ0v) is 11.0. The number of benzene rings is 1. The van der Waals surface area contributed by atoms with Gasteiger partial charge in [0, 0.05) is 25.9 Å². The number of rotatable bonds is 3. The lowest BCUT2D eigenvalue weighted by atomic mass is 9.91. The van der Waals surface area contributed by atoms with Crippen LogP contribution in [0.15, 0.2) is 24.3 Å². The van der Waals surface area contributed by atoms with Crippen molar-refractivity contribution in [1.82, 2.24) is 0 Å². The molecule has 0 aliphatic carbocycles. The Balaban J connectivity index is 1.62. The third-order valence-corrected chi connectivity index (χ3v) is 3.92. The Morgan fingerprint density at radius 2 is 2.11 bits per heavy atom. The predicted molar refractivity (Wildman–Crippen MR) is 70.1 cm³/mol. The minimum absolute atomic E-state index is 0.0675. The van der Waals surface area contributed by atoms with Gasteiger partial charge in [0.15, 0.2) is 0 Å². The van der Waals surface area contributed by atoms with Gasteiger partial charge in [0.25, 0.3) is 0 Å². The number of ether oxygens (including phenoxy) is 3. The van der Waals surface area contributed by atoms with Crippen molar-refractivity contribution < 1.29 is 19.3 Å². The predicted octanol–water partition coefficient (Wildman–Crippen LogP) is 1.90. The van der Waals surface area contributed by atoms with E-state index in [1.54, 1.807) is 0 Å². The molecule has 19 heavy (non-hydrogen) atoms. The molecule has 2 aliphatic rings.